The summed E-state index contributed by atoms with van der Waals surface area (Å²) in [6, 6.07) is -0.202. The first-order valence-electron chi connectivity index (χ1n) is 6.76. The van der Waals surface area contributed by atoms with E-state index < -0.39 is 5.97 Å². The van der Waals surface area contributed by atoms with E-state index in [-0.39, 0.29) is 11.7 Å². The maximum atomic E-state index is 11.5. The number of rotatable bonds is 8. The number of hydrogen-bond acceptors (Lipinski definition) is 3. The average molecular weight is 282 g/mol. The minimum atomic E-state index is -1.06. The Bertz CT molecular complexity index is 443. The maximum Gasteiger partial charge on any atom is 0.356 e. The summed E-state index contributed by atoms with van der Waals surface area (Å²) >= 11 is 0. The number of aromatic nitrogens is 2. The van der Waals surface area contributed by atoms with E-state index >= 15 is 0 Å². The molecule has 0 fully saturated rings. The topological polar surface area (TPSA) is 96.3 Å². The van der Waals surface area contributed by atoms with Crippen molar-refractivity contribution >= 4 is 12.0 Å². The largest absolute Gasteiger partial charge is 0.476 e. The molecule has 0 spiro atoms. The standard InChI is InChI=1S/C13H22N4O3/c1-10(2)4-3-5-14-13(20)15-6-7-17-8-11(12(18)19)16-9-17/h8-10H,3-7H2,1-2H3,(H,18,19)(H2,14,15,20). The van der Waals surface area contributed by atoms with Crippen molar-refractivity contribution in [3.05, 3.63) is 18.2 Å². The summed E-state index contributed by atoms with van der Waals surface area (Å²) in [5, 5.41) is 14.2. The molecule has 0 unspecified atom stereocenters. The lowest BCUT2D eigenvalue weighted by molar-refractivity contribution is 0.0691. The first kappa shape index (κ1) is 16.0. The molecule has 1 aromatic rings. The van der Waals surface area contributed by atoms with Crippen LogP contribution in [0.4, 0.5) is 4.79 Å². The summed E-state index contributed by atoms with van der Waals surface area (Å²) in [5.41, 5.74) is 0.00290. The van der Waals surface area contributed by atoms with Crippen LogP contribution in [-0.2, 0) is 6.54 Å². The van der Waals surface area contributed by atoms with E-state index in [1.54, 1.807) is 4.57 Å². The molecule has 0 aromatic carbocycles. The zero-order valence-electron chi connectivity index (χ0n) is 11.9. The number of imidazole rings is 1. The molecule has 0 saturated heterocycles. The molecule has 112 valence electrons. The Morgan fingerprint density at radius 2 is 2.05 bits per heavy atom. The zero-order chi connectivity index (χ0) is 15.0. The van der Waals surface area contributed by atoms with Gasteiger partial charge in [0.25, 0.3) is 0 Å². The summed E-state index contributed by atoms with van der Waals surface area (Å²) in [5.74, 6) is -0.413. The SMILES string of the molecule is CC(C)CCCNC(=O)NCCn1cnc(C(=O)O)c1. The molecule has 1 aromatic heterocycles. The predicted octanol–water partition coefficient (Wildman–Crippen LogP) is 1.32. The summed E-state index contributed by atoms with van der Waals surface area (Å²) in [4.78, 5) is 25.8. The van der Waals surface area contributed by atoms with Crippen LogP contribution in [0.5, 0.6) is 0 Å². The fourth-order valence-corrected chi connectivity index (χ4v) is 1.67. The van der Waals surface area contributed by atoms with Crippen LogP contribution in [0.15, 0.2) is 12.5 Å². The number of carboxylic acid groups (broad SMARTS) is 1. The Hall–Kier alpha value is -2.05. The molecular formula is C13H22N4O3. The molecule has 0 atom stereocenters. The van der Waals surface area contributed by atoms with Gasteiger partial charge in [0.05, 0.1) is 6.33 Å². The van der Waals surface area contributed by atoms with E-state index in [0.717, 1.165) is 12.8 Å². The molecule has 20 heavy (non-hydrogen) atoms. The second-order valence-corrected chi connectivity index (χ2v) is 5.02. The number of aromatic carboxylic acids is 1. The van der Waals surface area contributed by atoms with Crippen LogP contribution in [0.2, 0.25) is 0 Å². The minimum absolute atomic E-state index is 0.00290. The average Bonchev–Trinajstić information content (AvgIpc) is 2.83. The van der Waals surface area contributed by atoms with Crippen LogP contribution in [0, 0.1) is 5.92 Å². The van der Waals surface area contributed by atoms with Crippen molar-refractivity contribution in [1.29, 1.82) is 0 Å². The van der Waals surface area contributed by atoms with Gasteiger partial charge in [-0.1, -0.05) is 13.8 Å². The van der Waals surface area contributed by atoms with Crippen LogP contribution >= 0.6 is 0 Å². The van der Waals surface area contributed by atoms with Gasteiger partial charge in [-0.05, 0) is 18.8 Å². The van der Waals surface area contributed by atoms with Crippen molar-refractivity contribution < 1.29 is 14.7 Å². The van der Waals surface area contributed by atoms with Crippen molar-refractivity contribution in [2.75, 3.05) is 13.1 Å². The normalized spacial score (nSPS) is 10.6. The zero-order valence-corrected chi connectivity index (χ0v) is 11.9. The lowest BCUT2D eigenvalue weighted by Gasteiger charge is -2.08. The smallest absolute Gasteiger partial charge is 0.356 e. The molecule has 0 aliphatic heterocycles. The van der Waals surface area contributed by atoms with E-state index in [0.29, 0.717) is 25.6 Å². The Morgan fingerprint density at radius 1 is 1.35 bits per heavy atom. The predicted molar refractivity (Wildman–Crippen MR) is 74.7 cm³/mol. The second kappa shape index (κ2) is 8.19. The van der Waals surface area contributed by atoms with Gasteiger partial charge < -0.3 is 20.3 Å². The maximum absolute atomic E-state index is 11.5. The number of amides is 2. The van der Waals surface area contributed by atoms with E-state index in [4.69, 9.17) is 5.11 Å². The minimum Gasteiger partial charge on any atom is -0.476 e. The molecule has 0 bridgehead atoms. The highest BCUT2D eigenvalue weighted by atomic mass is 16.4. The van der Waals surface area contributed by atoms with Gasteiger partial charge in [0, 0.05) is 25.8 Å². The Kier molecular flexibility index (Phi) is 6.55. The number of carboxylic acids is 1. The van der Waals surface area contributed by atoms with Gasteiger partial charge in [-0.15, -0.1) is 0 Å². The Balaban J connectivity index is 2.13. The number of carbonyl (C=O) groups excluding carboxylic acids is 1. The molecule has 0 radical (unpaired) electrons. The van der Waals surface area contributed by atoms with Gasteiger partial charge in [0.2, 0.25) is 0 Å². The van der Waals surface area contributed by atoms with Crippen molar-refractivity contribution in [2.45, 2.75) is 33.2 Å². The van der Waals surface area contributed by atoms with Gasteiger partial charge >= 0.3 is 12.0 Å². The van der Waals surface area contributed by atoms with Gasteiger partial charge in [0.1, 0.15) is 0 Å². The van der Waals surface area contributed by atoms with Crippen molar-refractivity contribution in [3.63, 3.8) is 0 Å². The fraction of sp³-hybridized carbons (Fsp3) is 0.615. The number of hydrogen-bond donors (Lipinski definition) is 3. The van der Waals surface area contributed by atoms with Gasteiger partial charge in [-0.2, -0.15) is 0 Å². The fourth-order valence-electron chi connectivity index (χ4n) is 1.67. The lowest BCUT2D eigenvalue weighted by Crippen LogP contribution is -2.37. The summed E-state index contributed by atoms with van der Waals surface area (Å²) < 4.78 is 1.63. The molecule has 1 rings (SSSR count). The van der Waals surface area contributed by atoms with Gasteiger partial charge in [0.15, 0.2) is 5.69 Å². The van der Waals surface area contributed by atoms with Crippen LogP contribution in [0.1, 0.15) is 37.2 Å². The quantitative estimate of drug-likeness (QED) is 0.626. The highest BCUT2D eigenvalue weighted by Gasteiger charge is 2.06. The van der Waals surface area contributed by atoms with E-state index in [1.165, 1.54) is 12.5 Å². The molecule has 0 saturated carbocycles. The van der Waals surface area contributed by atoms with E-state index in [1.807, 2.05) is 0 Å². The molecule has 7 nitrogen and oxygen atoms in total. The van der Waals surface area contributed by atoms with Crippen LogP contribution < -0.4 is 10.6 Å². The third kappa shape index (κ3) is 6.21. The van der Waals surface area contributed by atoms with Crippen LogP contribution in [0.25, 0.3) is 0 Å². The summed E-state index contributed by atoms with van der Waals surface area (Å²) in [7, 11) is 0. The summed E-state index contributed by atoms with van der Waals surface area (Å²) in [6.45, 7) is 5.87. The second-order valence-electron chi connectivity index (χ2n) is 5.02. The van der Waals surface area contributed by atoms with Crippen LogP contribution in [-0.4, -0.2) is 39.7 Å². The monoisotopic (exact) mass is 282 g/mol. The molecule has 0 aliphatic rings. The molecule has 1 heterocycles. The first-order chi connectivity index (χ1) is 9.49. The molecule has 3 N–H and O–H groups in total. The number of nitrogens with one attached hydrogen (secondary N) is 2. The van der Waals surface area contributed by atoms with Gasteiger partial charge in [-0.3, -0.25) is 0 Å². The first-order valence-corrected chi connectivity index (χ1v) is 6.76. The number of carbonyl (C=O) groups is 2. The lowest BCUT2D eigenvalue weighted by atomic mass is 10.1. The van der Waals surface area contributed by atoms with Gasteiger partial charge in [-0.25, -0.2) is 14.6 Å². The van der Waals surface area contributed by atoms with E-state index in [2.05, 4.69) is 29.5 Å². The molecule has 0 aliphatic carbocycles. The Morgan fingerprint density at radius 3 is 2.65 bits per heavy atom. The number of nitrogens with zero attached hydrogens (tertiary/aromatic N) is 2. The Labute approximate surface area is 118 Å². The van der Waals surface area contributed by atoms with E-state index in [9.17, 15) is 9.59 Å². The van der Waals surface area contributed by atoms with Crippen molar-refractivity contribution in [1.82, 2.24) is 20.2 Å². The highest BCUT2D eigenvalue weighted by Crippen LogP contribution is 2.01. The third-order valence-electron chi connectivity index (χ3n) is 2.75. The van der Waals surface area contributed by atoms with Crippen molar-refractivity contribution in [3.8, 4) is 0 Å². The van der Waals surface area contributed by atoms with Crippen LogP contribution in [0.3, 0.4) is 0 Å². The van der Waals surface area contributed by atoms with Crippen molar-refractivity contribution in [2.24, 2.45) is 5.92 Å². The number of urea groups is 1. The molecule has 7 heteroatoms. The molecule has 2 amide bonds. The highest BCUT2D eigenvalue weighted by molar-refractivity contribution is 5.84. The third-order valence-corrected chi connectivity index (χ3v) is 2.75. The molecular weight excluding hydrogens is 260 g/mol. The summed E-state index contributed by atoms with van der Waals surface area (Å²) in [6.07, 6.45) is 4.93.